The smallest absolute Gasteiger partial charge is 0.259 e. The first-order valence-electron chi connectivity index (χ1n) is 10.0. The Morgan fingerprint density at radius 1 is 0.933 bits per heavy atom. The van der Waals surface area contributed by atoms with Crippen molar-refractivity contribution < 1.29 is 14.3 Å². The zero-order valence-corrected chi connectivity index (χ0v) is 16.8. The van der Waals surface area contributed by atoms with E-state index in [9.17, 15) is 9.59 Å². The van der Waals surface area contributed by atoms with Gasteiger partial charge in [0, 0.05) is 12.0 Å². The Kier molecular flexibility index (Phi) is 5.75. The summed E-state index contributed by atoms with van der Waals surface area (Å²) in [5.74, 6) is -0.285. The third-order valence-electron chi connectivity index (χ3n) is 5.25. The standard InChI is InChI=1S/C26H23NO3/c1-18(20-12-6-3-7-13-20)27-26(29)24-23(30-17-19-10-4-2-5-11-19)16-21-14-8-9-15-22(21)25(24)28/h2-15,18H,16-17H2,1H3,(H,27,29). The minimum Gasteiger partial charge on any atom is -0.492 e. The summed E-state index contributed by atoms with van der Waals surface area (Å²) in [6.07, 6.45) is 0.414. The van der Waals surface area contributed by atoms with Crippen molar-refractivity contribution in [1.82, 2.24) is 5.32 Å². The molecule has 4 nitrogen and oxygen atoms in total. The van der Waals surface area contributed by atoms with E-state index >= 15 is 0 Å². The first-order chi connectivity index (χ1) is 14.6. The van der Waals surface area contributed by atoms with Gasteiger partial charge in [-0.3, -0.25) is 9.59 Å². The summed E-state index contributed by atoms with van der Waals surface area (Å²) >= 11 is 0. The van der Waals surface area contributed by atoms with E-state index in [0.29, 0.717) is 24.4 Å². The molecule has 0 aromatic heterocycles. The summed E-state index contributed by atoms with van der Waals surface area (Å²) in [6.45, 7) is 2.20. The number of hydrogen-bond donors (Lipinski definition) is 1. The number of carbonyl (C=O) groups is 2. The second-order valence-corrected chi connectivity index (χ2v) is 7.34. The molecule has 4 rings (SSSR count). The predicted molar refractivity (Wildman–Crippen MR) is 116 cm³/mol. The number of rotatable bonds is 6. The molecule has 0 bridgehead atoms. The molecule has 4 heteroatoms. The summed E-state index contributed by atoms with van der Waals surface area (Å²) in [5, 5.41) is 2.96. The van der Waals surface area contributed by atoms with Gasteiger partial charge in [-0.15, -0.1) is 0 Å². The monoisotopic (exact) mass is 397 g/mol. The Morgan fingerprint density at radius 3 is 2.30 bits per heavy atom. The van der Waals surface area contributed by atoms with Crippen LogP contribution in [0, 0.1) is 0 Å². The lowest BCUT2D eigenvalue weighted by molar-refractivity contribution is -0.118. The van der Waals surface area contributed by atoms with Gasteiger partial charge >= 0.3 is 0 Å². The number of ether oxygens (including phenoxy) is 1. The van der Waals surface area contributed by atoms with Crippen molar-refractivity contribution in [3.63, 3.8) is 0 Å². The quantitative estimate of drug-likeness (QED) is 0.610. The van der Waals surface area contributed by atoms with Crippen LogP contribution >= 0.6 is 0 Å². The fraction of sp³-hybridized carbons (Fsp3) is 0.154. The lowest BCUT2D eigenvalue weighted by atomic mass is 9.88. The molecule has 0 aliphatic heterocycles. The van der Waals surface area contributed by atoms with Gasteiger partial charge in [0.15, 0.2) is 0 Å². The van der Waals surface area contributed by atoms with Crippen LogP contribution in [0.3, 0.4) is 0 Å². The number of amides is 1. The second kappa shape index (κ2) is 8.78. The molecule has 1 unspecified atom stereocenters. The van der Waals surface area contributed by atoms with Gasteiger partial charge in [-0.1, -0.05) is 84.9 Å². The number of ketones is 1. The van der Waals surface area contributed by atoms with Gasteiger partial charge in [0.1, 0.15) is 17.9 Å². The van der Waals surface area contributed by atoms with E-state index in [2.05, 4.69) is 5.32 Å². The van der Waals surface area contributed by atoms with Crippen molar-refractivity contribution in [3.05, 3.63) is 119 Å². The number of carbonyl (C=O) groups excluding carboxylic acids is 2. The van der Waals surface area contributed by atoms with Gasteiger partial charge in [-0.2, -0.15) is 0 Å². The van der Waals surface area contributed by atoms with Crippen LogP contribution in [0.25, 0.3) is 0 Å². The molecule has 0 saturated carbocycles. The second-order valence-electron chi connectivity index (χ2n) is 7.34. The molecule has 1 amide bonds. The highest BCUT2D eigenvalue weighted by Crippen LogP contribution is 2.28. The maximum absolute atomic E-state index is 13.2. The van der Waals surface area contributed by atoms with E-state index in [-0.39, 0.29) is 17.4 Å². The molecular formula is C26H23NO3. The summed E-state index contributed by atoms with van der Waals surface area (Å²) in [4.78, 5) is 26.4. The van der Waals surface area contributed by atoms with E-state index in [4.69, 9.17) is 4.74 Å². The lowest BCUT2D eigenvalue weighted by Crippen LogP contribution is -2.34. The Balaban J connectivity index is 1.62. The van der Waals surface area contributed by atoms with Gasteiger partial charge in [0.25, 0.3) is 5.91 Å². The molecule has 30 heavy (non-hydrogen) atoms. The highest BCUT2D eigenvalue weighted by atomic mass is 16.5. The average Bonchev–Trinajstić information content (AvgIpc) is 2.79. The van der Waals surface area contributed by atoms with Crippen molar-refractivity contribution in [2.75, 3.05) is 0 Å². The van der Waals surface area contributed by atoms with E-state index < -0.39 is 5.91 Å². The van der Waals surface area contributed by atoms with Crippen LogP contribution in [0.4, 0.5) is 0 Å². The number of benzene rings is 3. The van der Waals surface area contributed by atoms with Gasteiger partial charge < -0.3 is 10.1 Å². The van der Waals surface area contributed by atoms with Crippen LogP contribution in [-0.4, -0.2) is 11.7 Å². The Bertz CT molecular complexity index is 1090. The number of Topliss-reactive ketones (excluding diaryl/α,β-unsaturated/α-hetero) is 1. The van der Waals surface area contributed by atoms with E-state index in [0.717, 1.165) is 16.7 Å². The maximum Gasteiger partial charge on any atom is 0.259 e. The van der Waals surface area contributed by atoms with E-state index in [1.54, 1.807) is 6.07 Å². The Labute approximate surface area is 176 Å². The summed E-state index contributed by atoms with van der Waals surface area (Å²) < 4.78 is 6.02. The molecule has 150 valence electrons. The number of fused-ring (bicyclic) bond motifs is 1. The zero-order chi connectivity index (χ0) is 20.9. The van der Waals surface area contributed by atoms with Crippen LogP contribution in [0.15, 0.2) is 96.3 Å². The SMILES string of the molecule is CC(NC(=O)C1=C(OCc2ccccc2)Cc2ccccc2C1=O)c1ccccc1. The molecule has 3 aromatic rings. The van der Waals surface area contributed by atoms with Crippen LogP contribution < -0.4 is 5.32 Å². The van der Waals surface area contributed by atoms with E-state index in [1.165, 1.54) is 0 Å². The van der Waals surface area contributed by atoms with Crippen molar-refractivity contribution in [2.45, 2.75) is 26.0 Å². The summed E-state index contributed by atoms with van der Waals surface area (Å²) in [7, 11) is 0. The minimum absolute atomic E-state index is 0.0902. The van der Waals surface area contributed by atoms with E-state index in [1.807, 2.05) is 85.8 Å². The van der Waals surface area contributed by atoms with Crippen molar-refractivity contribution >= 4 is 11.7 Å². The zero-order valence-electron chi connectivity index (χ0n) is 16.8. The van der Waals surface area contributed by atoms with Crippen LogP contribution in [-0.2, 0) is 22.6 Å². The molecule has 0 spiro atoms. The number of hydrogen-bond acceptors (Lipinski definition) is 3. The molecule has 1 aliphatic rings. The summed E-state index contributed by atoms with van der Waals surface area (Å²) in [6, 6.07) is 26.5. The Hall–Kier alpha value is -3.66. The molecule has 1 atom stereocenters. The van der Waals surface area contributed by atoms with Crippen LogP contribution in [0.2, 0.25) is 0 Å². The molecule has 1 N–H and O–H groups in total. The first-order valence-corrected chi connectivity index (χ1v) is 10.0. The molecule has 0 fully saturated rings. The highest BCUT2D eigenvalue weighted by Gasteiger charge is 2.32. The topological polar surface area (TPSA) is 55.4 Å². The lowest BCUT2D eigenvalue weighted by Gasteiger charge is -2.23. The molecule has 1 aliphatic carbocycles. The van der Waals surface area contributed by atoms with Gasteiger partial charge in [0.2, 0.25) is 5.78 Å². The highest BCUT2D eigenvalue weighted by molar-refractivity contribution is 6.27. The third-order valence-corrected chi connectivity index (χ3v) is 5.25. The van der Waals surface area contributed by atoms with Gasteiger partial charge in [0.05, 0.1) is 6.04 Å². The van der Waals surface area contributed by atoms with Gasteiger partial charge in [-0.05, 0) is 23.6 Å². The van der Waals surface area contributed by atoms with Crippen molar-refractivity contribution in [1.29, 1.82) is 0 Å². The first kappa shape index (κ1) is 19.6. The van der Waals surface area contributed by atoms with Crippen LogP contribution in [0.5, 0.6) is 0 Å². The number of nitrogens with one attached hydrogen (secondary N) is 1. The van der Waals surface area contributed by atoms with Gasteiger partial charge in [-0.25, -0.2) is 0 Å². The van der Waals surface area contributed by atoms with Crippen LogP contribution in [0.1, 0.15) is 40.0 Å². The molecule has 0 saturated heterocycles. The Morgan fingerprint density at radius 2 is 1.57 bits per heavy atom. The fourth-order valence-corrected chi connectivity index (χ4v) is 3.61. The molecule has 0 radical (unpaired) electrons. The van der Waals surface area contributed by atoms with Crippen molar-refractivity contribution in [3.8, 4) is 0 Å². The molecule has 3 aromatic carbocycles. The average molecular weight is 397 g/mol. The normalized spacial score (nSPS) is 14.1. The minimum atomic E-state index is -0.408. The molecule has 0 heterocycles. The summed E-state index contributed by atoms with van der Waals surface area (Å²) in [5.41, 5.74) is 3.48. The largest absolute Gasteiger partial charge is 0.492 e. The van der Waals surface area contributed by atoms with Crippen molar-refractivity contribution in [2.24, 2.45) is 0 Å². The fourth-order valence-electron chi connectivity index (χ4n) is 3.61. The maximum atomic E-state index is 13.2. The third kappa shape index (κ3) is 4.18. The predicted octanol–water partition coefficient (Wildman–Crippen LogP) is 4.77. The number of allylic oxidation sites excluding steroid dienone is 1. The molecular weight excluding hydrogens is 374 g/mol.